The molecular formula is C27H30ClN5O3. The van der Waals surface area contributed by atoms with Crippen LogP contribution >= 0.6 is 11.6 Å². The average Bonchev–Trinajstić information content (AvgIpc) is 3.19. The zero-order valence-electron chi connectivity index (χ0n) is 20.8. The maximum atomic E-state index is 13.6. The van der Waals surface area contributed by atoms with E-state index in [1.165, 1.54) is 11.0 Å². The highest BCUT2D eigenvalue weighted by Gasteiger charge is 2.24. The quantitative estimate of drug-likeness (QED) is 0.342. The summed E-state index contributed by atoms with van der Waals surface area (Å²) in [4.78, 5) is 36.4. The molecule has 0 aliphatic heterocycles. The lowest BCUT2D eigenvalue weighted by Crippen LogP contribution is -2.40. The predicted molar refractivity (Wildman–Crippen MR) is 141 cm³/mol. The molecule has 3 heterocycles. The first-order valence-corrected chi connectivity index (χ1v) is 12.9. The molecule has 1 aliphatic rings. The standard InChI is InChI=1S/C27H30ClN5O3/c1-4-15-32-26(34)23-25(31(5-2)27(32)35)30-24(33(23)16-18-9-11-19(28)12-10-18)21-13-14-22(29-17(21)3)36-20-7-6-8-20/h9-14,20H,4-8,15-16H2,1-3H3. The molecule has 3 aromatic heterocycles. The summed E-state index contributed by atoms with van der Waals surface area (Å²) in [7, 11) is 0. The smallest absolute Gasteiger partial charge is 0.332 e. The Morgan fingerprint density at radius 3 is 2.36 bits per heavy atom. The van der Waals surface area contributed by atoms with Crippen LogP contribution in [-0.4, -0.2) is 29.8 Å². The van der Waals surface area contributed by atoms with E-state index in [2.05, 4.69) is 4.98 Å². The SMILES string of the molecule is CCCn1c(=O)c2c(nc(-c3ccc(OC4CCC4)nc3C)n2Cc2ccc(Cl)cc2)n(CC)c1=O. The van der Waals surface area contributed by atoms with Crippen LogP contribution in [0.3, 0.4) is 0 Å². The number of nitrogens with zero attached hydrogens (tertiary/aromatic N) is 5. The number of benzene rings is 1. The normalized spacial score (nSPS) is 13.8. The number of pyridine rings is 1. The van der Waals surface area contributed by atoms with Gasteiger partial charge in [0, 0.05) is 36.3 Å². The second-order valence-corrected chi connectivity index (χ2v) is 9.69. The first kappa shape index (κ1) is 24.3. The van der Waals surface area contributed by atoms with E-state index in [0.29, 0.717) is 53.9 Å². The van der Waals surface area contributed by atoms with Crippen LogP contribution in [0.5, 0.6) is 5.88 Å². The second kappa shape index (κ2) is 9.93. The van der Waals surface area contributed by atoms with Crippen LogP contribution in [0.15, 0.2) is 46.0 Å². The van der Waals surface area contributed by atoms with Crippen molar-refractivity contribution >= 4 is 22.8 Å². The predicted octanol–water partition coefficient (Wildman–Crippen LogP) is 4.79. The number of hydrogen-bond acceptors (Lipinski definition) is 5. The molecule has 0 amide bonds. The topological polar surface area (TPSA) is 83.9 Å². The molecule has 0 bridgehead atoms. The molecule has 0 N–H and O–H groups in total. The summed E-state index contributed by atoms with van der Waals surface area (Å²) in [5.41, 5.74) is 2.63. The van der Waals surface area contributed by atoms with Gasteiger partial charge in [-0.15, -0.1) is 0 Å². The fourth-order valence-corrected chi connectivity index (χ4v) is 4.75. The lowest BCUT2D eigenvalue weighted by molar-refractivity contribution is 0.114. The highest BCUT2D eigenvalue weighted by Crippen LogP contribution is 2.30. The van der Waals surface area contributed by atoms with Gasteiger partial charge in [0.25, 0.3) is 5.56 Å². The molecular weight excluding hydrogens is 478 g/mol. The summed E-state index contributed by atoms with van der Waals surface area (Å²) in [6.45, 7) is 6.90. The van der Waals surface area contributed by atoms with Crippen molar-refractivity contribution in [2.45, 2.75) is 72.2 Å². The van der Waals surface area contributed by atoms with Gasteiger partial charge in [-0.3, -0.25) is 13.9 Å². The van der Waals surface area contributed by atoms with Crippen molar-refractivity contribution in [1.29, 1.82) is 0 Å². The molecule has 1 saturated carbocycles. The van der Waals surface area contributed by atoms with Crippen molar-refractivity contribution in [2.24, 2.45) is 0 Å². The first-order valence-electron chi connectivity index (χ1n) is 12.5. The van der Waals surface area contributed by atoms with Gasteiger partial charge in [-0.05, 0) is 63.3 Å². The number of rotatable bonds is 8. The minimum atomic E-state index is -0.335. The van der Waals surface area contributed by atoms with E-state index >= 15 is 0 Å². The highest BCUT2D eigenvalue weighted by molar-refractivity contribution is 6.30. The number of aromatic nitrogens is 5. The van der Waals surface area contributed by atoms with Gasteiger partial charge in [-0.1, -0.05) is 30.7 Å². The summed E-state index contributed by atoms with van der Waals surface area (Å²) >= 11 is 6.11. The van der Waals surface area contributed by atoms with Crippen molar-refractivity contribution in [3.63, 3.8) is 0 Å². The van der Waals surface area contributed by atoms with Crippen LogP contribution < -0.4 is 16.0 Å². The van der Waals surface area contributed by atoms with E-state index in [-0.39, 0.29) is 17.4 Å². The molecule has 0 saturated heterocycles. The molecule has 0 atom stereocenters. The Morgan fingerprint density at radius 1 is 1.00 bits per heavy atom. The third-order valence-corrected chi connectivity index (χ3v) is 7.02. The van der Waals surface area contributed by atoms with Crippen molar-refractivity contribution in [3.05, 3.63) is 73.5 Å². The van der Waals surface area contributed by atoms with E-state index < -0.39 is 0 Å². The number of aryl methyl sites for hydroxylation is 2. The van der Waals surface area contributed by atoms with Crippen molar-refractivity contribution in [1.82, 2.24) is 23.7 Å². The Kier molecular flexibility index (Phi) is 6.71. The zero-order chi connectivity index (χ0) is 25.4. The number of fused-ring (bicyclic) bond motifs is 1. The third-order valence-electron chi connectivity index (χ3n) is 6.77. The molecule has 4 aromatic rings. The fourth-order valence-electron chi connectivity index (χ4n) is 4.63. The molecule has 8 nitrogen and oxygen atoms in total. The van der Waals surface area contributed by atoms with Crippen molar-refractivity contribution in [3.8, 4) is 17.3 Å². The number of imidazole rings is 1. The lowest BCUT2D eigenvalue weighted by atomic mass is 9.96. The van der Waals surface area contributed by atoms with E-state index in [1.54, 1.807) is 4.57 Å². The van der Waals surface area contributed by atoms with Crippen LogP contribution in [0.2, 0.25) is 5.02 Å². The zero-order valence-corrected chi connectivity index (χ0v) is 21.6. The Bertz CT molecular complexity index is 1530. The summed E-state index contributed by atoms with van der Waals surface area (Å²) < 4.78 is 10.8. The largest absolute Gasteiger partial charge is 0.474 e. The van der Waals surface area contributed by atoms with Gasteiger partial charge in [0.05, 0.1) is 5.69 Å². The summed E-state index contributed by atoms with van der Waals surface area (Å²) in [6.07, 6.45) is 4.20. The summed E-state index contributed by atoms with van der Waals surface area (Å²) in [5, 5.41) is 0.640. The Labute approximate surface area is 214 Å². The van der Waals surface area contributed by atoms with E-state index in [0.717, 1.165) is 29.7 Å². The highest BCUT2D eigenvalue weighted by atomic mass is 35.5. The van der Waals surface area contributed by atoms with Crippen LogP contribution in [0.4, 0.5) is 0 Å². The molecule has 9 heteroatoms. The Hall–Kier alpha value is -3.39. The van der Waals surface area contributed by atoms with Crippen LogP contribution in [-0.2, 0) is 19.6 Å². The average molecular weight is 508 g/mol. The third kappa shape index (κ3) is 4.34. The lowest BCUT2D eigenvalue weighted by Gasteiger charge is -2.25. The number of hydrogen-bond donors (Lipinski definition) is 0. The molecule has 0 unspecified atom stereocenters. The van der Waals surface area contributed by atoms with Gasteiger partial charge in [-0.25, -0.2) is 14.8 Å². The molecule has 1 aliphatic carbocycles. The van der Waals surface area contributed by atoms with Crippen LogP contribution in [0.1, 0.15) is 50.8 Å². The van der Waals surface area contributed by atoms with E-state index in [9.17, 15) is 9.59 Å². The number of halogens is 1. The molecule has 5 rings (SSSR count). The van der Waals surface area contributed by atoms with E-state index in [1.807, 2.05) is 61.7 Å². The Morgan fingerprint density at radius 2 is 1.75 bits per heavy atom. The van der Waals surface area contributed by atoms with Crippen LogP contribution in [0, 0.1) is 6.92 Å². The van der Waals surface area contributed by atoms with Crippen molar-refractivity contribution < 1.29 is 4.74 Å². The maximum absolute atomic E-state index is 13.6. The fraction of sp³-hybridized carbons (Fsp3) is 0.407. The summed E-state index contributed by atoms with van der Waals surface area (Å²) in [6, 6.07) is 11.3. The minimum Gasteiger partial charge on any atom is -0.474 e. The maximum Gasteiger partial charge on any atom is 0.332 e. The van der Waals surface area contributed by atoms with Gasteiger partial charge in [0.2, 0.25) is 5.88 Å². The van der Waals surface area contributed by atoms with Gasteiger partial charge < -0.3 is 9.30 Å². The molecule has 0 spiro atoms. The van der Waals surface area contributed by atoms with Gasteiger partial charge in [0.15, 0.2) is 11.2 Å². The molecule has 1 aromatic carbocycles. The minimum absolute atomic E-state index is 0.230. The first-order chi connectivity index (χ1) is 17.4. The van der Waals surface area contributed by atoms with E-state index in [4.69, 9.17) is 21.3 Å². The van der Waals surface area contributed by atoms with Crippen molar-refractivity contribution in [2.75, 3.05) is 0 Å². The molecule has 1 fully saturated rings. The Balaban J connectivity index is 1.73. The molecule has 0 radical (unpaired) electrons. The summed E-state index contributed by atoms with van der Waals surface area (Å²) in [5.74, 6) is 1.19. The second-order valence-electron chi connectivity index (χ2n) is 9.26. The monoisotopic (exact) mass is 507 g/mol. The number of ether oxygens (including phenoxy) is 1. The van der Waals surface area contributed by atoms with Gasteiger partial charge in [-0.2, -0.15) is 0 Å². The van der Waals surface area contributed by atoms with Gasteiger partial charge >= 0.3 is 5.69 Å². The molecule has 188 valence electrons. The van der Waals surface area contributed by atoms with Gasteiger partial charge in [0.1, 0.15) is 11.9 Å². The van der Waals surface area contributed by atoms with Crippen LogP contribution in [0.25, 0.3) is 22.6 Å². The molecule has 36 heavy (non-hydrogen) atoms.